The highest BCUT2D eigenvalue weighted by molar-refractivity contribution is 5.27. The number of rotatable bonds is 6. The summed E-state index contributed by atoms with van der Waals surface area (Å²) in [6.07, 6.45) is 3.97. The number of hydrogen-bond donors (Lipinski definition) is 1. The van der Waals surface area contributed by atoms with Gasteiger partial charge in [-0.1, -0.05) is 50.6 Å². The maximum Gasteiger partial charge on any atom is 0.00967 e. The molecule has 0 saturated heterocycles. The summed E-state index contributed by atoms with van der Waals surface area (Å²) in [5, 5.41) is 3.74. The normalized spacial score (nSPS) is 25.2. The van der Waals surface area contributed by atoms with Crippen LogP contribution < -0.4 is 5.32 Å². The molecular weight excluding hydrogens is 242 g/mol. The molecule has 20 heavy (non-hydrogen) atoms. The first-order chi connectivity index (χ1) is 9.36. The van der Waals surface area contributed by atoms with Crippen LogP contribution in [0.4, 0.5) is 0 Å². The third-order valence-electron chi connectivity index (χ3n) is 4.76. The fourth-order valence-electron chi connectivity index (χ4n) is 3.48. The van der Waals surface area contributed by atoms with E-state index in [0.717, 1.165) is 18.4 Å². The zero-order valence-electron chi connectivity index (χ0n) is 13.9. The van der Waals surface area contributed by atoms with Crippen molar-refractivity contribution in [2.24, 2.45) is 11.3 Å². The topological polar surface area (TPSA) is 12.0 Å². The molecule has 0 spiro atoms. The molecule has 1 fully saturated rings. The Morgan fingerprint density at radius 1 is 1.10 bits per heavy atom. The van der Waals surface area contributed by atoms with E-state index in [0.29, 0.717) is 5.41 Å². The lowest BCUT2D eigenvalue weighted by Crippen LogP contribution is -2.44. The van der Waals surface area contributed by atoms with Gasteiger partial charge in [0, 0.05) is 12.1 Å². The molecule has 3 atom stereocenters. The molecule has 0 radical (unpaired) electrons. The molecule has 1 heteroatoms. The van der Waals surface area contributed by atoms with E-state index in [1.165, 1.54) is 24.8 Å². The van der Waals surface area contributed by atoms with Crippen LogP contribution in [0.5, 0.6) is 0 Å². The minimum Gasteiger partial charge on any atom is -0.312 e. The fourth-order valence-corrected chi connectivity index (χ4v) is 3.48. The monoisotopic (exact) mass is 273 g/mol. The molecule has 0 aromatic heterocycles. The molecular formula is C19H31N. The van der Waals surface area contributed by atoms with Gasteiger partial charge >= 0.3 is 0 Å². The Kier molecular flexibility index (Phi) is 4.59. The second kappa shape index (κ2) is 5.89. The van der Waals surface area contributed by atoms with Gasteiger partial charge in [-0.05, 0) is 56.4 Å². The van der Waals surface area contributed by atoms with E-state index in [4.69, 9.17) is 0 Å². The highest BCUT2D eigenvalue weighted by atomic mass is 15.0. The maximum absolute atomic E-state index is 3.74. The highest BCUT2D eigenvalue weighted by Gasteiger charge is 2.49. The molecule has 0 heterocycles. The van der Waals surface area contributed by atoms with Gasteiger partial charge < -0.3 is 5.32 Å². The molecule has 1 nitrogen and oxygen atoms in total. The largest absolute Gasteiger partial charge is 0.312 e. The van der Waals surface area contributed by atoms with Gasteiger partial charge in [-0.15, -0.1) is 0 Å². The Balaban J connectivity index is 2.03. The maximum atomic E-state index is 3.74. The molecule has 1 aliphatic carbocycles. The lowest BCUT2D eigenvalue weighted by molar-refractivity contribution is 0.207. The van der Waals surface area contributed by atoms with E-state index in [-0.39, 0.29) is 5.54 Å². The van der Waals surface area contributed by atoms with E-state index in [1.54, 1.807) is 0 Å². The molecule has 1 aromatic rings. The van der Waals surface area contributed by atoms with Crippen LogP contribution in [0, 0.1) is 11.3 Å². The van der Waals surface area contributed by atoms with Crippen molar-refractivity contribution in [1.29, 1.82) is 0 Å². The van der Waals surface area contributed by atoms with Crippen molar-refractivity contribution in [3.05, 3.63) is 35.9 Å². The summed E-state index contributed by atoms with van der Waals surface area (Å²) in [5.41, 5.74) is 2.19. The van der Waals surface area contributed by atoms with Crippen LogP contribution in [-0.4, -0.2) is 12.1 Å². The average Bonchev–Trinajstić information content (AvgIpc) is 3.18. The van der Waals surface area contributed by atoms with E-state index in [9.17, 15) is 0 Å². The van der Waals surface area contributed by atoms with Crippen molar-refractivity contribution >= 4 is 0 Å². The van der Waals surface area contributed by atoms with Crippen molar-refractivity contribution in [1.82, 2.24) is 5.32 Å². The average molecular weight is 273 g/mol. The molecule has 1 aliphatic rings. The van der Waals surface area contributed by atoms with E-state index in [1.807, 2.05) is 0 Å². The second-order valence-corrected chi connectivity index (χ2v) is 7.87. The first-order valence-electron chi connectivity index (χ1n) is 8.16. The lowest BCUT2D eigenvalue weighted by Gasteiger charge is -2.34. The number of hydrogen-bond acceptors (Lipinski definition) is 1. The second-order valence-electron chi connectivity index (χ2n) is 7.87. The minimum absolute atomic E-state index is 0.214. The predicted molar refractivity (Wildman–Crippen MR) is 88.1 cm³/mol. The molecule has 1 saturated carbocycles. The summed E-state index contributed by atoms with van der Waals surface area (Å²) in [6, 6.07) is 11.1. The van der Waals surface area contributed by atoms with E-state index >= 15 is 0 Å². The fraction of sp³-hybridized carbons (Fsp3) is 0.684. The summed E-state index contributed by atoms with van der Waals surface area (Å²) >= 11 is 0. The summed E-state index contributed by atoms with van der Waals surface area (Å²) in [7, 11) is 0. The summed E-state index contributed by atoms with van der Waals surface area (Å²) in [6.45, 7) is 12.7. The molecule has 1 aromatic carbocycles. The number of benzene rings is 1. The molecule has 0 amide bonds. The molecule has 2 rings (SSSR count). The van der Waals surface area contributed by atoms with Crippen LogP contribution >= 0.6 is 0 Å². The van der Waals surface area contributed by atoms with Gasteiger partial charge in [0.15, 0.2) is 0 Å². The van der Waals surface area contributed by atoms with Crippen molar-refractivity contribution in [2.45, 2.75) is 65.3 Å². The van der Waals surface area contributed by atoms with Gasteiger partial charge in [0.2, 0.25) is 0 Å². The highest BCUT2D eigenvalue weighted by Crippen LogP contribution is 2.58. The summed E-state index contributed by atoms with van der Waals surface area (Å²) in [5.74, 6) is 1.63. The smallest absolute Gasteiger partial charge is 0.00967 e. The van der Waals surface area contributed by atoms with Crippen molar-refractivity contribution in [3.63, 3.8) is 0 Å². The summed E-state index contributed by atoms with van der Waals surface area (Å²) < 4.78 is 0. The SMILES string of the molecule is CCCC(C)(CNC(C)(C)C)C1CC1c1ccccc1. The standard InChI is InChI=1S/C19H31N/c1-6-12-19(5,14-20-18(2,3)4)17-13-16(17)15-10-8-7-9-11-15/h7-11,16-17,20H,6,12-14H2,1-5H3. The van der Waals surface area contributed by atoms with Crippen molar-refractivity contribution in [3.8, 4) is 0 Å². The predicted octanol–water partition coefficient (Wildman–Crippen LogP) is 4.98. The van der Waals surface area contributed by atoms with Gasteiger partial charge in [-0.2, -0.15) is 0 Å². The van der Waals surface area contributed by atoms with Crippen LogP contribution in [0.25, 0.3) is 0 Å². The molecule has 0 bridgehead atoms. The van der Waals surface area contributed by atoms with Crippen molar-refractivity contribution in [2.75, 3.05) is 6.54 Å². The zero-order chi connectivity index (χ0) is 14.8. The number of nitrogens with one attached hydrogen (secondary N) is 1. The minimum atomic E-state index is 0.214. The van der Waals surface area contributed by atoms with E-state index < -0.39 is 0 Å². The summed E-state index contributed by atoms with van der Waals surface area (Å²) in [4.78, 5) is 0. The zero-order valence-corrected chi connectivity index (χ0v) is 13.9. The Labute approximate surface area is 125 Å². The molecule has 112 valence electrons. The van der Waals surface area contributed by atoms with Crippen LogP contribution in [0.15, 0.2) is 30.3 Å². The third kappa shape index (κ3) is 3.85. The van der Waals surface area contributed by atoms with Crippen LogP contribution in [-0.2, 0) is 0 Å². The third-order valence-corrected chi connectivity index (χ3v) is 4.76. The van der Waals surface area contributed by atoms with Gasteiger partial charge in [-0.25, -0.2) is 0 Å². The Bertz CT molecular complexity index is 417. The van der Waals surface area contributed by atoms with Gasteiger partial charge in [0.1, 0.15) is 0 Å². The molecule has 3 unspecified atom stereocenters. The van der Waals surface area contributed by atoms with Crippen LogP contribution in [0.3, 0.4) is 0 Å². The Morgan fingerprint density at radius 3 is 2.30 bits per heavy atom. The van der Waals surface area contributed by atoms with Gasteiger partial charge in [-0.3, -0.25) is 0 Å². The molecule has 0 aliphatic heterocycles. The van der Waals surface area contributed by atoms with Gasteiger partial charge in [0.25, 0.3) is 0 Å². The lowest BCUT2D eigenvalue weighted by atomic mass is 9.78. The first kappa shape index (κ1) is 15.6. The quantitative estimate of drug-likeness (QED) is 0.770. The molecule has 1 N–H and O–H groups in total. The Morgan fingerprint density at radius 2 is 1.75 bits per heavy atom. The van der Waals surface area contributed by atoms with Gasteiger partial charge in [0.05, 0.1) is 0 Å². The first-order valence-corrected chi connectivity index (χ1v) is 8.16. The Hall–Kier alpha value is -0.820. The van der Waals surface area contributed by atoms with Crippen molar-refractivity contribution < 1.29 is 0 Å². The van der Waals surface area contributed by atoms with E-state index in [2.05, 4.69) is 70.3 Å². The van der Waals surface area contributed by atoms with Crippen LogP contribution in [0.2, 0.25) is 0 Å². The van der Waals surface area contributed by atoms with Crippen LogP contribution in [0.1, 0.15) is 65.4 Å².